The normalized spacial score (nSPS) is 13.7. The number of fused-ring (bicyclic) bond motifs is 1. The lowest BCUT2D eigenvalue weighted by atomic mass is 10.1. The lowest BCUT2D eigenvalue weighted by molar-refractivity contribution is -0.138. The lowest BCUT2D eigenvalue weighted by Gasteiger charge is -2.24. The molecule has 34 heavy (non-hydrogen) atoms. The van der Waals surface area contributed by atoms with Crippen LogP contribution in [-0.2, 0) is 17.6 Å². The number of alkyl halides is 2. The number of anilines is 2. The first-order valence-electron chi connectivity index (χ1n) is 11.4. The molecule has 3 rings (SSSR count). The van der Waals surface area contributed by atoms with Crippen molar-refractivity contribution >= 4 is 17.6 Å². The van der Waals surface area contributed by atoms with Gasteiger partial charge in [0.15, 0.2) is 11.5 Å². The van der Waals surface area contributed by atoms with Gasteiger partial charge in [0, 0.05) is 31.2 Å². The van der Waals surface area contributed by atoms with Crippen molar-refractivity contribution in [2.45, 2.75) is 51.0 Å². The maximum absolute atomic E-state index is 13.1. The molecular formula is C23H29F2N7O2. The molecule has 3 heterocycles. The predicted octanol–water partition coefficient (Wildman–Crippen LogP) is 2.95. The zero-order valence-corrected chi connectivity index (χ0v) is 18.9. The summed E-state index contributed by atoms with van der Waals surface area (Å²) >= 11 is 0. The van der Waals surface area contributed by atoms with E-state index < -0.39 is 25.0 Å². The molecule has 2 aromatic heterocycles. The van der Waals surface area contributed by atoms with E-state index >= 15 is 0 Å². The van der Waals surface area contributed by atoms with E-state index in [0.29, 0.717) is 13.0 Å². The third-order valence-corrected chi connectivity index (χ3v) is 5.65. The Balaban J connectivity index is 1.50. The molecule has 0 saturated carbocycles. The monoisotopic (exact) mass is 473 g/mol. The molecule has 2 aromatic rings. The summed E-state index contributed by atoms with van der Waals surface area (Å²) in [5.41, 5.74) is 2.17. The van der Waals surface area contributed by atoms with E-state index in [-0.39, 0.29) is 24.5 Å². The number of aryl methyl sites for hydroxylation is 2. The Morgan fingerprint density at radius 3 is 2.85 bits per heavy atom. The summed E-state index contributed by atoms with van der Waals surface area (Å²) < 4.78 is 26.2. The standard InChI is InChI=1S/C23H29F2N7O2/c24-20(25)15-32(12-2-1-5-17-7-6-16-4-3-9-28-21(16)30-17)13-8-18(23(33)34)31-22-19(14-26)27-10-11-29-22/h6-7,10-11,18,20H,1-5,8-9,12-13,15H2,(H,28,30)(H,29,31)(H,33,34)/t18-/m0/s1. The number of rotatable bonds is 13. The van der Waals surface area contributed by atoms with Gasteiger partial charge in [0.1, 0.15) is 17.9 Å². The molecule has 0 radical (unpaired) electrons. The Bertz CT molecular complexity index is 1000. The van der Waals surface area contributed by atoms with E-state index in [1.54, 1.807) is 4.90 Å². The van der Waals surface area contributed by atoms with Crippen LogP contribution in [0, 0.1) is 11.3 Å². The number of carboxylic acid groups (broad SMARTS) is 1. The molecule has 0 aromatic carbocycles. The van der Waals surface area contributed by atoms with Gasteiger partial charge in [0.2, 0.25) is 0 Å². The minimum atomic E-state index is -2.52. The number of halogens is 2. The van der Waals surface area contributed by atoms with Crippen molar-refractivity contribution in [1.29, 1.82) is 5.26 Å². The molecule has 0 amide bonds. The van der Waals surface area contributed by atoms with Crippen LogP contribution in [0.2, 0.25) is 0 Å². The Labute approximate surface area is 197 Å². The van der Waals surface area contributed by atoms with Crippen molar-refractivity contribution in [1.82, 2.24) is 19.9 Å². The zero-order valence-electron chi connectivity index (χ0n) is 18.9. The van der Waals surface area contributed by atoms with Gasteiger partial charge >= 0.3 is 5.97 Å². The predicted molar refractivity (Wildman–Crippen MR) is 123 cm³/mol. The van der Waals surface area contributed by atoms with E-state index in [4.69, 9.17) is 5.26 Å². The van der Waals surface area contributed by atoms with Gasteiger partial charge < -0.3 is 15.7 Å². The Kier molecular flexibility index (Phi) is 9.46. The number of carboxylic acids is 1. The summed E-state index contributed by atoms with van der Waals surface area (Å²) in [6.45, 7) is 1.08. The van der Waals surface area contributed by atoms with Crippen molar-refractivity contribution in [3.63, 3.8) is 0 Å². The summed E-state index contributed by atoms with van der Waals surface area (Å²) in [4.78, 5) is 25.7. The summed E-state index contributed by atoms with van der Waals surface area (Å²) in [6.07, 6.45) is 4.59. The van der Waals surface area contributed by atoms with Crippen molar-refractivity contribution in [2.75, 3.05) is 36.8 Å². The summed E-state index contributed by atoms with van der Waals surface area (Å²) in [6, 6.07) is 4.88. The number of hydrogen-bond donors (Lipinski definition) is 3. The number of nitriles is 1. The minimum Gasteiger partial charge on any atom is -0.480 e. The van der Waals surface area contributed by atoms with Gasteiger partial charge in [-0.25, -0.2) is 28.5 Å². The topological polar surface area (TPSA) is 127 Å². The number of hydrogen-bond acceptors (Lipinski definition) is 8. The van der Waals surface area contributed by atoms with E-state index in [1.165, 1.54) is 18.0 Å². The van der Waals surface area contributed by atoms with Crippen LogP contribution in [0.3, 0.4) is 0 Å². The molecule has 0 unspecified atom stereocenters. The van der Waals surface area contributed by atoms with Crippen molar-refractivity contribution < 1.29 is 18.7 Å². The number of nitrogens with one attached hydrogen (secondary N) is 2. The molecule has 1 aliphatic rings. The van der Waals surface area contributed by atoms with Crippen LogP contribution < -0.4 is 10.6 Å². The molecule has 1 atom stereocenters. The highest BCUT2D eigenvalue weighted by molar-refractivity contribution is 5.77. The number of aliphatic carboxylic acids is 1. The number of nitrogens with zero attached hydrogens (tertiary/aromatic N) is 5. The molecule has 182 valence electrons. The van der Waals surface area contributed by atoms with E-state index in [0.717, 1.165) is 43.7 Å². The fourth-order valence-electron chi connectivity index (χ4n) is 3.90. The van der Waals surface area contributed by atoms with E-state index in [9.17, 15) is 18.7 Å². The van der Waals surface area contributed by atoms with Gasteiger partial charge in [0.25, 0.3) is 6.43 Å². The van der Waals surface area contributed by atoms with Crippen LogP contribution in [0.15, 0.2) is 24.5 Å². The summed E-state index contributed by atoms with van der Waals surface area (Å²) in [7, 11) is 0. The van der Waals surface area contributed by atoms with Crippen molar-refractivity contribution in [2.24, 2.45) is 0 Å². The van der Waals surface area contributed by atoms with Crippen LogP contribution in [0.25, 0.3) is 0 Å². The highest BCUT2D eigenvalue weighted by Crippen LogP contribution is 2.20. The molecular weight excluding hydrogens is 444 g/mol. The highest BCUT2D eigenvalue weighted by atomic mass is 19.3. The first-order valence-corrected chi connectivity index (χ1v) is 11.4. The van der Waals surface area contributed by atoms with Gasteiger partial charge in [-0.1, -0.05) is 6.07 Å². The first-order chi connectivity index (χ1) is 16.5. The van der Waals surface area contributed by atoms with Crippen LogP contribution in [0.5, 0.6) is 0 Å². The average Bonchev–Trinajstić information content (AvgIpc) is 2.83. The largest absolute Gasteiger partial charge is 0.480 e. The number of carbonyl (C=O) groups is 1. The number of aromatic nitrogens is 3. The molecule has 11 heteroatoms. The SMILES string of the molecule is N#Cc1nccnc1N[C@@H](CCN(CCCCc1ccc2c(n1)NCCC2)CC(F)F)C(=O)O. The van der Waals surface area contributed by atoms with Crippen LogP contribution in [0.1, 0.15) is 42.6 Å². The second kappa shape index (κ2) is 12.7. The molecule has 0 bridgehead atoms. The van der Waals surface area contributed by atoms with Crippen molar-refractivity contribution in [3.8, 4) is 6.07 Å². The average molecular weight is 474 g/mol. The molecule has 0 saturated heterocycles. The summed E-state index contributed by atoms with van der Waals surface area (Å²) in [5, 5.41) is 24.7. The van der Waals surface area contributed by atoms with Crippen molar-refractivity contribution in [3.05, 3.63) is 41.5 Å². The first kappa shape index (κ1) is 25.2. The third-order valence-electron chi connectivity index (χ3n) is 5.65. The Morgan fingerprint density at radius 2 is 2.09 bits per heavy atom. The molecule has 0 aliphatic carbocycles. The number of unbranched alkanes of at least 4 members (excludes halogenated alkanes) is 1. The highest BCUT2D eigenvalue weighted by Gasteiger charge is 2.22. The maximum atomic E-state index is 13.1. The van der Waals surface area contributed by atoms with Gasteiger partial charge in [-0.2, -0.15) is 5.26 Å². The van der Waals surface area contributed by atoms with Gasteiger partial charge in [0.05, 0.1) is 6.54 Å². The van der Waals surface area contributed by atoms with Gasteiger partial charge in [-0.15, -0.1) is 0 Å². The fourth-order valence-corrected chi connectivity index (χ4v) is 3.90. The smallest absolute Gasteiger partial charge is 0.326 e. The maximum Gasteiger partial charge on any atom is 0.326 e. The van der Waals surface area contributed by atoms with E-state index in [2.05, 4.69) is 31.7 Å². The molecule has 9 nitrogen and oxygen atoms in total. The second-order valence-corrected chi connectivity index (χ2v) is 8.18. The van der Waals surface area contributed by atoms with Crippen LogP contribution in [0.4, 0.5) is 20.4 Å². The van der Waals surface area contributed by atoms with E-state index in [1.807, 2.05) is 12.1 Å². The third kappa shape index (κ3) is 7.59. The zero-order chi connectivity index (χ0) is 24.3. The molecule has 3 N–H and O–H groups in total. The van der Waals surface area contributed by atoms with Crippen LogP contribution in [-0.4, -0.2) is 69.6 Å². The lowest BCUT2D eigenvalue weighted by Crippen LogP contribution is -2.37. The Hall–Kier alpha value is -3.39. The summed E-state index contributed by atoms with van der Waals surface area (Å²) in [5.74, 6) is -0.151. The molecule has 1 aliphatic heterocycles. The minimum absolute atomic E-state index is 0.0239. The quantitative estimate of drug-likeness (QED) is 0.376. The van der Waals surface area contributed by atoms with Gasteiger partial charge in [-0.3, -0.25) is 4.90 Å². The molecule has 0 spiro atoms. The Morgan fingerprint density at radius 1 is 1.26 bits per heavy atom. The molecule has 0 fully saturated rings. The van der Waals surface area contributed by atoms with Gasteiger partial charge in [-0.05, 0) is 56.7 Å². The van der Waals surface area contributed by atoms with Crippen LogP contribution >= 0.6 is 0 Å². The number of pyridine rings is 1. The fraction of sp³-hybridized carbons (Fsp3) is 0.522. The second-order valence-electron chi connectivity index (χ2n) is 8.18.